The quantitative estimate of drug-likeness (QED) is 0.777. The lowest BCUT2D eigenvalue weighted by molar-refractivity contribution is 0.436. The van der Waals surface area contributed by atoms with E-state index in [0.717, 1.165) is 5.69 Å². The number of benzene rings is 2. The van der Waals surface area contributed by atoms with Crippen LogP contribution in [0.1, 0.15) is 13.8 Å². The number of nitrogens with zero attached hydrogens (tertiary/aromatic N) is 1. The molecule has 2 aliphatic heterocycles. The first kappa shape index (κ1) is 14.9. The molecule has 2 aromatic rings. The number of rotatable bonds is 3. The summed E-state index contributed by atoms with van der Waals surface area (Å²) in [5.74, 6) is 1.48. The first-order chi connectivity index (χ1) is 11.5. The molecular weight excluding hydrogens is 332 g/mol. The molecule has 2 heterocycles. The van der Waals surface area contributed by atoms with E-state index in [0.29, 0.717) is 36.0 Å². The number of hydrogen-bond donors (Lipinski definition) is 1. The van der Waals surface area contributed by atoms with Gasteiger partial charge in [0, 0.05) is 19.2 Å². The van der Waals surface area contributed by atoms with E-state index in [4.69, 9.17) is 13.1 Å². The number of para-hydroxylation sites is 2. The molecule has 126 valence electrons. The Morgan fingerprint density at radius 1 is 1.04 bits per heavy atom. The molecule has 2 aromatic carbocycles. The zero-order chi connectivity index (χ0) is 16.9. The van der Waals surface area contributed by atoms with Gasteiger partial charge in [-0.05, 0) is 26.0 Å². The monoisotopic (exact) mass is 348 g/mol. The molecule has 2 aliphatic rings. The van der Waals surface area contributed by atoms with Crippen molar-refractivity contribution < 1.29 is 21.5 Å². The fourth-order valence-electron chi connectivity index (χ4n) is 2.93. The highest BCUT2D eigenvalue weighted by Gasteiger charge is 2.37. The zero-order valence-electron chi connectivity index (χ0n) is 13.2. The lowest BCUT2D eigenvalue weighted by Crippen LogP contribution is -2.24. The third kappa shape index (κ3) is 2.22. The fourth-order valence-corrected chi connectivity index (χ4v) is 3.67. The van der Waals surface area contributed by atoms with Crippen molar-refractivity contribution in [1.29, 1.82) is 0 Å². The largest absolute Gasteiger partial charge is 0.501 e. The van der Waals surface area contributed by atoms with Crippen molar-refractivity contribution in [2.45, 2.75) is 13.8 Å². The van der Waals surface area contributed by atoms with Gasteiger partial charge >= 0.3 is 10.4 Å². The summed E-state index contributed by atoms with van der Waals surface area (Å²) < 4.78 is 39.4. The summed E-state index contributed by atoms with van der Waals surface area (Å²) in [7, 11) is -4.08. The topological polar surface area (TPSA) is 77.1 Å². The molecule has 0 aliphatic carbocycles. The normalized spacial score (nSPS) is 15.8. The van der Waals surface area contributed by atoms with E-state index in [9.17, 15) is 8.42 Å². The average Bonchev–Trinajstić information content (AvgIpc) is 2.87. The first-order valence-corrected chi connectivity index (χ1v) is 8.99. The van der Waals surface area contributed by atoms with Gasteiger partial charge in [-0.25, -0.2) is 0 Å². The minimum absolute atomic E-state index is 0.136. The van der Waals surface area contributed by atoms with E-state index in [1.54, 1.807) is 0 Å². The third-order valence-corrected chi connectivity index (χ3v) is 4.76. The Morgan fingerprint density at radius 3 is 2.54 bits per heavy atom. The molecule has 0 bridgehead atoms. The molecule has 0 saturated heterocycles. The summed E-state index contributed by atoms with van der Waals surface area (Å²) in [6, 6.07) is 9.03. The molecule has 4 rings (SSSR count). The zero-order valence-corrected chi connectivity index (χ0v) is 14.0. The Kier molecular flexibility index (Phi) is 3.24. The third-order valence-electron chi connectivity index (χ3n) is 4.01. The molecule has 0 spiro atoms. The summed E-state index contributed by atoms with van der Waals surface area (Å²) >= 11 is 0. The van der Waals surface area contributed by atoms with Crippen LogP contribution in [0.15, 0.2) is 30.3 Å². The van der Waals surface area contributed by atoms with Crippen LogP contribution in [0.25, 0.3) is 0 Å². The van der Waals surface area contributed by atoms with E-state index < -0.39 is 10.4 Å². The lowest BCUT2D eigenvalue weighted by atomic mass is 10.1. The van der Waals surface area contributed by atoms with Crippen LogP contribution in [0.3, 0.4) is 0 Å². The van der Waals surface area contributed by atoms with E-state index in [1.807, 2.05) is 43.0 Å². The number of hydrogen-bond acceptors (Lipinski definition) is 7. The molecule has 24 heavy (non-hydrogen) atoms. The molecule has 7 nitrogen and oxygen atoms in total. The van der Waals surface area contributed by atoms with Crippen LogP contribution in [0.5, 0.6) is 23.0 Å². The summed E-state index contributed by atoms with van der Waals surface area (Å²) in [4.78, 5) is 1.99. The van der Waals surface area contributed by atoms with E-state index in [2.05, 4.69) is 5.32 Å². The number of nitrogens with one attached hydrogen (secondary N) is 1. The van der Waals surface area contributed by atoms with Crippen LogP contribution in [0, 0.1) is 0 Å². The van der Waals surface area contributed by atoms with Gasteiger partial charge in [-0.2, -0.15) is 0 Å². The molecule has 0 amide bonds. The Bertz CT molecular complexity index is 922. The molecule has 8 heteroatoms. The SMILES string of the molecule is CCN(CC)c1c2c(cc3c1OS(=O)(=O)O3)Oc1ccccc1N2. The predicted octanol–water partition coefficient (Wildman–Crippen LogP) is 3.40. The maximum Gasteiger partial charge on any atom is 0.501 e. The maximum absolute atomic E-state index is 11.7. The summed E-state index contributed by atoms with van der Waals surface area (Å²) in [5, 5.41) is 3.32. The van der Waals surface area contributed by atoms with Crippen molar-refractivity contribution in [2.24, 2.45) is 0 Å². The number of anilines is 3. The molecule has 0 unspecified atom stereocenters. The Labute approximate surface area is 140 Å². The van der Waals surface area contributed by atoms with Crippen LogP contribution in [-0.4, -0.2) is 21.5 Å². The summed E-state index contributed by atoms with van der Waals surface area (Å²) in [6.07, 6.45) is 0. The van der Waals surface area contributed by atoms with Gasteiger partial charge in [0.2, 0.25) is 5.75 Å². The Morgan fingerprint density at radius 2 is 1.79 bits per heavy atom. The summed E-state index contributed by atoms with van der Waals surface area (Å²) in [6.45, 7) is 5.31. The Hall–Kier alpha value is -2.61. The number of ether oxygens (including phenoxy) is 1. The van der Waals surface area contributed by atoms with E-state index in [1.165, 1.54) is 6.07 Å². The Balaban J connectivity index is 1.94. The second-order valence-corrected chi connectivity index (χ2v) is 6.55. The van der Waals surface area contributed by atoms with Gasteiger partial charge < -0.3 is 23.3 Å². The van der Waals surface area contributed by atoms with Crippen molar-refractivity contribution in [2.75, 3.05) is 23.3 Å². The lowest BCUT2D eigenvalue weighted by Gasteiger charge is -2.29. The molecule has 0 fully saturated rings. The van der Waals surface area contributed by atoms with Crippen molar-refractivity contribution >= 4 is 27.5 Å². The van der Waals surface area contributed by atoms with Crippen molar-refractivity contribution in [3.05, 3.63) is 30.3 Å². The second-order valence-electron chi connectivity index (χ2n) is 5.40. The highest BCUT2D eigenvalue weighted by atomic mass is 32.3. The highest BCUT2D eigenvalue weighted by Crippen LogP contribution is 2.56. The van der Waals surface area contributed by atoms with E-state index >= 15 is 0 Å². The minimum atomic E-state index is -4.08. The van der Waals surface area contributed by atoms with Gasteiger partial charge in [0.1, 0.15) is 11.4 Å². The highest BCUT2D eigenvalue weighted by molar-refractivity contribution is 7.82. The van der Waals surface area contributed by atoms with Crippen molar-refractivity contribution in [1.82, 2.24) is 0 Å². The van der Waals surface area contributed by atoms with Crippen LogP contribution >= 0.6 is 0 Å². The van der Waals surface area contributed by atoms with Crippen LogP contribution in [0.4, 0.5) is 17.1 Å². The molecular formula is C16H16N2O5S. The second kappa shape index (κ2) is 5.20. The van der Waals surface area contributed by atoms with E-state index in [-0.39, 0.29) is 11.5 Å². The smallest absolute Gasteiger partial charge is 0.453 e. The van der Waals surface area contributed by atoms with Crippen LogP contribution < -0.4 is 23.3 Å². The maximum atomic E-state index is 11.7. The van der Waals surface area contributed by atoms with Gasteiger partial charge in [0.05, 0.1) is 5.69 Å². The minimum Gasteiger partial charge on any atom is -0.453 e. The molecule has 0 radical (unpaired) electrons. The van der Waals surface area contributed by atoms with Gasteiger partial charge in [-0.3, -0.25) is 0 Å². The van der Waals surface area contributed by atoms with Gasteiger partial charge in [-0.15, -0.1) is 8.42 Å². The van der Waals surface area contributed by atoms with Crippen molar-refractivity contribution in [3.63, 3.8) is 0 Å². The van der Waals surface area contributed by atoms with Gasteiger partial charge in [0.15, 0.2) is 17.2 Å². The first-order valence-electron chi connectivity index (χ1n) is 7.66. The van der Waals surface area contributed by atoms with Gasteiger partial charge in [0.25, 0.3) is 0 Å². The summed E-state index contributed by atoms with van der Waals surface area (Å²) in [5.41, 5.74) is 2.08. The average molecular weight is 348 g/mol. The number of fused-ring (bicyclic) bond motifs is 3. The fraction of sp³-hybridized carbons (Fsp3) is 0.250. The van der Waals surface area contributed by atoms with Crippen LogP contribution in [0.2, 0.25) is 0 Å². The predicted molar refractivity (Wildman–Crippen MR) is 90.0 cm³/mol. The van der Waals surface area contributed by atoms with Crippen molar-refractivity contribution in [3.8, 4) is 23.0 Å². The van der Waals surface area contributed by atoms with Crippen LogP contribution in [-0.2, 0) is 10.4 Å². The molecule has 0 saturated carbocycles. The molecule has 0 atom stereocenters. The molecule has 1 N–H and O–H groups in total. The standard InChI is InChI=1S/C16H16N2O5S/c1-3-18(4-2)15-14-12(9-13-16(15)23-24(19,20)22-13)21-11-8-6-5-7-10(11)17-14/h5-9,17H,3-4H2,1-2H3. The van der Waals surface area contributed by atoms with Gasteiger partial charge in [-0.1, -0.05) is 12.1 Å². The molecule has 0 aromatic heterocycles.